The summed E-state index contributed by atoms with van der Waals surface area (Å²) in [6.07, 6.45) is 5.53. The Hall–Kier alpha value is -0.570. The molecule has 0 spiro atoms. The van der Waals surface area contributed by atoms with Crippen LogP contribution in [0.3, 0.4) is 0 Å². The van der Waals surface area contributed by atoms with Crippen LogP contribution in [-0.2, 0) is 4.79 Å². The zero-order valence-electron chi connectivity index (χ0n) is 10.8. The van der Waals surface area contributed by atoms with Crippen LogP contribution in [0.2, 0.25) is 0 Å². The van der Waals surface area contributed by atoms with E-state index in [1.807, 2.05) is 4.90 Å². The summed E-state index contributed by atoms with van der Waals surface area (Å²) >= 11 is 0. The molecule has 1 N–H and O–H groups in total. The van der Waals surface area contributed by atoms with E-state index in [1.54, 1.807) is 0 Å². The first-order valence-corrected chi connectivity index (χ1v) is 6.72. The summed E-state index contributed by atoms with van der Waals surface area (Å²) < 4.78 is 0. The van der Waals surface area contributed by atoms with E-state index in [2.05, 4.69) is 19.2 Å². The number of nitrogens with one attached hydrogen (secondary N) is 1. The molecule has 0 aromatic rings. The van der Waals surface area contributed by atoms with Gasteiger partial charge >= 0.3 is 0 Å². The Morgan fingerprint density at radius 2 is 2.00 bits per heavy atom. The van der Waals surface area contributed by atoms with Crippen LogP contribution in [-0.4, -0.2) is 37.0 Å². The Kier molecular flexibility index (Phi) is 6.46. The van der Waals surface area contributed by atoms with Gasteiger partial charge in [0, 0.05) is 26.1 Å². The third kappa shape index (κ3) is 4.97. The number of rotatable bonds is 6. The Bertz CT molecular complexity index is 200. The number of hydrogen-bond donors (Lipinski definition) is 1. The third-order valence-electron chi connectivity index (χ3n) is 3.41. The molecule has 1 fully saturated rings. The fourth-order valence-electron chi connectivity index (χ4n) is 1.99. The number of hydrogen-bond acceptors (Lipinski definition) is 2. The summed E-state index contributed by atoms with van der Waals surface area (Å²) in [6.45, 7) is 8.25. The van der Waals surface area contributed by atoms with E-state index in [9.17, 15) is 4.79 Å². The van der Waals surface area contributed by atoms with Crippen LogP contribution in [0.4, 0.5) is 0 Å². The number of carbonyl (C=O) groups excluding carboxylic acids is 1. The van der Waals surface area contributed by atoms with E-state index in [0.29, 0.717) is 18.2 Å². The molecular weight excluding hydrogens is 200 g/mol. The molecule has 3 heteroatoms. The van der Waals surface area contributed by atoms with E-state index >= 15 is 0 Å². The van der Waals surface area contributed by atoms with Gasteiger partial charge in [-0.15, -0.1) is 0 Å². The second-order valence-electron chi connectivity index (χ2n) is 4.91. The van der Waals surface area contributed by atoms with E-state index in [1.165, 1.54) is 25.7 Å². The minimum Gasteiger partial charge on any atom is -0.343 e. The molecule has 1 atom stereocenters. The number of nitrogens with zero attached hydrogens (tertiary/aromatic N) is 1. The molecular formula is C13H26N2O. The molecule has 0 aliphatic carbocycles. The molecule has 0 bridgehead atoms. The van der Waals surface area contributed by atoms with Gasteiger partial charge in [0.2, 0.25) is 5.91 Å². The van der Waals surface area contributed by atoms with Gasteiger partial charge in [-0.2, -0.15) is 0 Å². The Labute approximate surface area is 99.6 Å². The van der Waals surface area contributed by atoms with Gasteiger partial charge in [0.25, 0.3) is 0 Å². The molecule has 1 heterocycles. The number of likely N-dealkylation sites (tertiary alicyclic amines) is 1. The molecule has 1 aliphatic rings. The average molecular weight is 226 g/mol. The van der Waals surface area contributed by atoms with Gasteiger partial charge in [0.1, 0.15) is 0 Å². The summed E-state index contributed by atoms with van der Waals surface area (Å²) in [5, 5.41) is 3.36. The molecule has 1 rings (SSSR count). The van der Waals surface area contributed by atoms with Gasteiger partial charge in [-0.05, 0) is 31.7 Å². The van der Waals surface area contributed by atoms with Gasteiger partial charge in [-0.1, -0.05) is 20.3 Å². The van der Waals surface area contributed by atoms with Gasteiger partial charge in [-0.25, -0.2) is 0 Å². The first-order chi connectivity index (χ1) is 7.74. The molecule has 0 aromatic carbocycles. The molecule has 1 saturated heterocycles. The molecule has 16 heavy (non-hydrogen) atoms. The number of amides is 1. The van der Waals surface area contributed by atoms with Crippen LogP contribution in [0.1, 0.15) is 46.0 Å². The van der Waals surface area contributed by atoms with Crippen LogP contribution in [0.15, 0.2) is 0 Å². The van der Waals surface area contributed by atoms with Crippen molar-refractivity contribution in [1.29, 1.82) is 0 Å². The minimum atomic E-state index is 0.330. The Balaban J connectivity index is 2.05. The highest BCUT2D eigenvalue weighted by Gasteiger charge is 2.15. The molecule has 1 unspecified atom stereocenters. The highest BCUT2D eigenvalue weighted by atomic mass is 16.2. The van der Waals surface area contributed by atoms with Crippen molar-refractivity contribution >= 4 is 5.91 Å². The van der Waals surface area contributed by atoms with E-state index in [0.717, 1.165) is 26.2 Å². The van der Waals surface area contributed by atoms with Gasteiger partial charge in [-0.3, -0.25) is 4.79 Å². The molecule has 0 saturated carbocycles. The van der Waals surface area contributed by atoms with Gasteiger partial charge < -0.3 is 10.2 Å². The van der Waals surface area contributed by atoms with Crippen molar-refractivity contribution < 1.29 is 4.79 Å². The van der Waals surface area contributed by atoms with Gasteiger partial charge in [0.05, 0.1) is 0 Å². The lowest BCUT2D eigenvalue weighted by atomic mass is 10.1. The zero-order valence-corrected chi connectivity index (χ0v) is 10.8. The highest BCUT2D eigenvalue weighted by Crippen LogP contribution is 2.09. The predicted octanol–water partition coefficient (Wildman–Crippen LogP) is 2.02. The monoisotopic (exact) mass is 226 g/mol. The summed E-state index contributed by atoms with van der Waals surface area (Å²) in [6, 6.07) is 0. The number of carbonyl (C=O) groups is 1. The van der Waals surface area contributed by atoms with E-state index < -0.39 is 0 Å². The Morgan fingerprint density at radius 3 is 2.62 bits per heavy atom. The lowest BCUT2D eigenvalue weighted by Crippen LogP contribution is -2.37. The largest absolute Gasteiger partial charge is 0.343 e. The van der Waals surface area contributed by atoms with Crippen LogP contribution < -0.4 is 5.32 Å². The average Bonchev–Trinajstić information content (AvgIpc) is 2.35. The normalized spacial score (nSPS) is 18.5. The van der Waals surface area contributed by atoms with Crippen molar-refractivity contribution in [1.82, 2.24) is 10.2 Å². The van der Waals surface area contributed by atoms with Crippen molar-refractivity contribution in [2.24, 2.45) is 5.92 Å². The molecule has 3 nitrogen and oxygen atoms in total. The van der Waals surface area contributed by atoms with Crippen molar-refractivity contribution in [3.05, 3.63) is 0 Å². The second-order valence-corrected chi connectivity index (χ2v) is 4.91. The quantitative estimate of drug-likeness (QED) is 0.703. The summed E-state index contributed by atoms with van der Waals surface area (Å²) in [7, 11) is 0. The van der Waals surface area contributed by atoms with Crippen molar-refractivity contribution in [2.45, 2.75) is 46.0 Å². The fraction of sp³-hybridized carbons (Fsp3) is 0.923. The van der Waals surface area contributed by atoms with Crippen molar-refractivity contribution in [2.75, 3.05) is 26.2 Å². The molecule has 94 valence electrons. The predicted molar refractivity (Wildman–Crippen MR) is 67.4 cm³/mol. The highest BCUT2D eigenvalue weighted by molar-refractivity contribution is 5.76. The summed E-state index contributed by atoms with van der Waals surface area (Å²) in [5.41, 5.74) is 0. The SMILES string of the molecule is CCC(C)CNCCC(=O)N1CCCCC1. The lowest BCUT2D eigenvalue weighted by Gasteiger charge is -2.26. The standard InChI is InChI=1S/C13H26N2O/c1-3-12(2)11-14-8-7-13(16)15-9-5-4-6-10-15/h12,14H,3-11H2,1-2H3. The Morgan fingerprint density at radius 1 is 1.31 bits per heavy atom. The van der Waals surface area contributed by atoms with Crippen molar-refractivity contribution in [3.8, 4) is 0 Å². The first kappa shape index (κ1) is 13.5. The fourth-order valence-corrected chi connectivity index (χ4v) is 1.99. The second kappa shape index (κ2) is 7.66. The molecule has 1 amide bonds. The minimum absolute atomic E-state index is 0.330. The van der Waals surface area contributed by atoms with Crippen LogP contribution in [0.25, 0.3) is 0 Å². The maximum Gasteiger partial charge on any atom is 0.223 e. The first-order valence-electron chi connectivity index (χ1n) is 6.72. The van der Waals surface area contributed by atoms with Crippen molar-refractivity contribution in [3.63, 3.8) is 0 Å². The summed E-state index contributed by atoms with van der Waals surface area (Å²) in [4.78, 5) is 13.8. The van der Waals surface area contributed by atoms with Gasteiger partial charge in [0.15, 0.2) is 0 Å². The lowest BCUT2D eigenvalue weighted by molar-refractivity contribution is -0.131. The van der Waals surface area contributed by atoms with E-state index in [4.69, 9.17) is 0 Å². The van der Waals surface area contributed by atoms with Crippen LogP contribution in [0.5, 0.6) is 0 Å². The smallest absolute Gasteiger partial charge is 0.223 e. The van der Waals surface area contributed by atoms with E-state index in [-0.39, 0.29) is 0 Å². The molecule has 0 radical (unpaired) electrons. The topological polar surface area (TPSA) is 32.3 Å². The summed E-state index contributed by atoms with van der Waals surface area (Å²) in [5.74, 6) is 1.04. The zero-order chi connectivity index (χ0) is 11.8. The van der Waals surface area contributed by atoms with Crippen LogP contribution >= 0.6 is 0 Å². The molecule has 1 aliphatic heterocycles. The number of piperidine rings is 1. The van der Waals surface area contributed by atoms with Crippen LogP contribution in [0, 0.1) is 5.92 Å². The maximum atomic E-state index is 11.8. The maximum absolute atomic E-state index is 11.8. The molecule has 0 aromatic heterocycles. The third-order valence-corrected chi connectivity index (χ3v) is 3.41.